The lowest BCUT2D eigenvalue weighted by Crippen LogP contribution is -2.16. The smallest absolute Gasteiger partial charge is 0.00773 e. The summed E-state index contributed by atoms with van der Waals surface area (Å²) in [4.78, 5) is 3.04. The van der Waals surface area contributed by atoms with Gasteiger partial charge in [-0.05, 0) is 63.7 Å². The van der Waals surface area contributed by atoms with Gasteiger partial charge in [0, 0.05) is 9.75 Å². The molecule has 0 bridgehead atoms. The monoisotopic (exact) mass is 239 g/mol. The predicted octanol–water partition coefficient (Wildman–Crippen LogP) is 3.93. The fraction of sp³-hybridized carbons (Fsp3) is 0.714. The van der Waals surface area contributed by atoms with Crippen LogP contribution < -0.4 is 5.32 Å². The highest BCUT2D eigenvalue weighted by Crippen LogP contribution is 2.24. The molecule has 0 aliphatic carbocycles. The van der Waals surface area contributed by atoms with Crippen LogP contribution in [-0.4, -0.2) is 13.1 Å². The molecule has 1 heterocycles. The molecule has 92 valence electrons. The minimum absolute atomic E-state index is 0.834. The molecule has 0 saturated heterocycles. The summed E-state index contributed by atoms with van der Waals surface area (Å²) >= 11 is 1.97. The molecule has 16 heavy (non-hydrogen) atoms. The quantitative estimate of drug-likeness (QED) is 0.711. The van der Waals surface area contributed by atoms with E-state index >= 15 is 0 Å². The maximum absolute atomic E-state index is 3.40. The molecule has 1 unspecified atom stereocenters. The van der Waals surface area contributed by atoms with Crippen molar-refractivity contribution < 1.29 is 0 Å². The van der Waals surface area contributed by atoms with Crippen LogP contribution in [0.3, 0.4) is 0 Å². The average molecular weight is 239 g/mol. The standard InChI is InChI=1S/C14H25NS/c1-5-15-9-8-11(2)6-7-14-12(3)10-13(4)16-14/h10-11,15H,5-9H2,1-4H3. The van der Waals surface area contributed by atoms with Crippen molar-refractivity contribution in [2.45, 2.75) is 47.0 Å². The summed E-state index contributed by atoms with van der Waals surface area (Å²) in [6.07, 6.45) is 3.89. The lowest BCUT2D eigenvalue weighted by Gasteiger charge is -2.11. The van der Waals surface area contributed by atoms with E-state index in [1.165, 1.54) is 36.2 Å². The van der Waals surface area contributed by atoms with Gasteiger partial charge in [0.05, 0.1) is 0 Å². The first kappa shape index (κ1) is 13.7. The number of thiophene rings is 1. The number of nitrogens with one attached hydrogen (secondary N) is 1. The Morgan fingerprint density at radius 2 is 2.06 bits per heavy atom. The Balaban J connectivity index is 2.26. The van der Waals surface area contributed by atoms with Crippen LogP contribution in [0.15, 0.2) is 6.07 Å². The van der Waals surface area contributed by atoms with E-state index in [2.05, 4.69) is 39.1 Å². The van der Waals surface area contributed by atoms with Crippen molar-refractivity contribution in [2.75, 3.05) is 13.1 Å². The molecular weight excluding hydrogens is 214 g/mol. The van der Waals surface area contributed by atoms with Crippen LogP contribution in [0.5, 0.6) is 0 Å². The lowest BCUT2D eigenvalue weighted by atomic mass is 10.0. The van der Waals surface area contributed by atoms with E-state index in [-0.39, 0.29) is 0 Å². The van der Waals surface area contributed by atoms with Crippen molar-refractivity contribution in [3.8, 4) is 0 Å². The summed E-state index contributed by atoms with van der Waals surface area (Å²) in [6, 6.07) is 2.31. The van der Waals surface area contributed by atoms with Gasteiger partial charge in [-0.25, -0.2) is 0 Å². The van der Waals surface area contributed by atoms with Crippen molar-refractivity contribution in [1.82, 2.24) is 5.32 Å². The first-order chi connectivity index (χ1) is 7.63. The van der Waals surface area contributed by atoms with Crippen LogP contribution in [0, 0.1) is 19.8 Å². The third-order valence-electron chi connectivity index (χ3n) is 3.07. The fourth-order valence-corrected chi connectivity index (χ4v) is 3.05. The first-order valence-corrected chi connectivity index (χ1v) is 7.21. The Morgan fingerprint density at radius 1 is 1.31 bits per heavy atom. The summed E-state index contributed by atoms with van der Waals surface area (Å²) in [6.45, 7) is 11.2. The molecule has 0 saturated carbocycles. The Labute approximate surface area is 104 Å². The van der Waals surface area contributed by atoms with Crippen molar-refractivity contribution in [3.63, 3.8) is 0 Å². The number of aryl methyl sites for hydroxylation is 3. The zero-order chi connectivity index (χ0) is 12.0. The topological polar surface area (TPSA) is 12.0 Å². The Hall–Kier alpha value is -0.340. The van der Waals surface area contributed by atoms with Gasteiger partial charge in [-0.15, -0.1) is 11.3 Å². The SMILES string of the molecule is CCNCCC(C)CCc1sc(C)cc1C. The molecule has 1 aromatic heterocycles. The zero-order valence-electron chi connectivity index (χ0n) is 11.1. The molecule has 0 radical (unpaired) electrons. The second-order valence-electron chi connectivity index (χ2n) is 4.75. The third kappa shape index (κ3) is 4.67. The van der Waals surface area contributed by atoms with Crippen molar-refractivity contribution >= 4 is 11.3 Å². The van der Waals surface area contributed by atoms with Crippen molar-refractivity contribution in [2.24, 2.45) is 5.92 Å². The molecule has 0 fully saturated rings. The summed E-state index contributed by atoms with van der Waals surface area (Å²) < 4.78 is 0. The third-order valence-corrected chi connectivity index (χ3v) is 4.28. The van der Waals surface area contributed by atoms with Gasteiger partial charge in [0.15, 0.2) is 0 Å². The van der Waals surface area contributed by atoms with Gasteiger partial charge in [-0.3, -0.25) is 0 Å². The molecule has 0 aliphatic rings. The molecule has 1 rings (SSSR count). The van der Waals surface area contributed by atoms with Gasteiger partial charge in [-0.1, -0.05) is 13.8 Å². The van der Waals surface area contributed by atoms with E-state index in [0.717, 1.165) is 12.5 Å². The van der Waals surface area contributed by atoms with E-state index < -0.39 is 0 Å². The van der Waals surface area contributed by atoms with Crippen LogP contribution in [0.25, 0.3) is 0 Å². The van der Waals surface area contributed by atoms with Crippen molar-refractivity contribution in [1.29, 1.82) is 0 Å². The normalized spacial score (nSPS) is 13.0. The maximum Gasteiger partial charge on any atom is 0.00773 e. The zero-order valence-corrected chi connectivity index (χ0v) is 11.9. The van der Waals surface area contributed by atoms with E-state index in [1.54, 1.807) is 4.88 Å². The fourth-order valence-electron chi connectivity index (χ4n) is 1.98. The molecule has 2 heteroatoms. The van der Waals surface area contributed by atoms with Gasteiger partial charge >= 0.3 is 0 Å². The molecule has 0 aliphatic heterocycles. The highest BCUT2D eigenvalue weighted by molar-refractivity contribution is 7.12. The molecule has 1 aromatic rings. The first-order valence-electron chi connectivity index (χ1n) is 6.40. The van der Waals surface area contributed by atoms with Gasteiger partial charge in [-0.2, -0.15) is 0 Å². The molecule has 0 amide bonds. The molecule has 0 aromatic carbocycles. The van der Waals surface area contributed by atoms with E-state index in [4.69, 9.17) is 0 Å². The minimum atomic E-state index is 0.834. The van der Waals surface area contributed by atoms with Crippen LogP contribution in [0.2, 0.25) is 0 Å². The van der Waals surface area contributed by atoms with Gasteiger partial charge in [0.25, 0.3) is 0 Å². The Morgan fingerprint density at radius 3 is 2.62 bits per heavy atom. The van der Waals surface area contributed by atoms with Crippen LogP contribution >= 0.6 is 11.3 Å². The summed E-state index contributed by atoms with van der Waals surface area (Å²) in [5.41, 5.74) is 1.49. The minimum Gasteiger partial charge on any atom is -0.317 e. The Bertz CT molecular complexity index is 304. The molecule has 1 N–H and O–H groups in total. The van der Waals surface area contributed by atoms with E-state index in [9.17, 15) is 0 Å². The number of hydrogen-bond donors (Lipinski definition) is 1. The summed E-state index contributed by atoms with van der Waals surface area (Å²) in [5.74, 6) is 0.834. The van der Waals surface area contributed by atoms with E-state index in [0.29, 0.717) is 0 Å². The second-order valence-corrected chi connectivity index (χ2v) is 6.09. The lowest BCUT2D eigenvalue weighted by molar-refractivity contribution is 0.475. The van der Waals surface area contributed by atoms with E-state index in [1.807, 2.05) is 11.3 Å². The van der Waals surface area contributed by atoms with Crippen LogP contribution in [0.1, 0.15) is 42.0 Å². The van der Waals surface area contributed by atoms with Crippen LogP contribution in [-0.2, 0) is 6.42 Å². The van der Waals surface area contributed by atoms with Gasteiger partial charge in [0.1, 0.15) is 0 Å². The van der Waals surface area contributed by atoms with Crippen LogP contribution in [0.4, 0.5) is 0 Å². The molecule has 1 nitrogen and oxygen atoms in total. The highest BCUT2D eigenvalue weighted by Gasteiger charge is 2.06. The maximum atomic E-state index is 3.40. The largest absolute Gasteiger partial charge is 0.317 e. The second kappa shape index (κ2) is 7.08. The van der Waals surface area contributed by atoms with Gasteiger partial charge in [0.2, 0.25) is 0 Å². The molecule has 0 spiro atoms. The summed E-state index contributed by atoms with van der Waals surface area (Å²) in [7, 11) is 0. The van der Waals surface area contributed by atoms with Crippen molar-refractivity contribution in [3.05, 3.63) is 21.4 Å². The molecular formula is C14H25NS. The molecule has 1 atom stereocenters. The number of rotatable bonds is 7. The van der Waals surface area contributed by atoms with Gasteiger partial charge < -0.3 is 5.32 Å². The Kier molecular flexibility index (Phi) is 6.07. The average Bonchev–Trinajstić information content (AvgIpc) is 2.55. The number of hydrogen-bond acceptors (Lipinski definition) is 2. The highest BCUT2D eigenvalue weighted by atomic mass is 32.1. The predicted molar refractivity (Wildman–Crippen MR) is 74.4 cm³/mol. The summed E-state index contributed by atoms with van der Waals surface area (Å²) in [5, 5.41) is 3.40.